The van der Waals surface area contributed by atoms with Crippen LogP contribution in [0.3, 0.4) is 0 Å². The van der Waals surface area contributed by atoms with E-state index in [1.54, 1.807) is 18.2 Å². The topological polar surface area (TPSA) is 96.3 Å². The Labute approximate surface area is 166 Å². The van der Waals surface area contributed by atoms with Crippen LogP contribution in [0.5, 0.6) is 17.2 Å². The maximum atomic E-state index is 12.8. The highest BCUT2D eigenvalue weighted by atomic mass is 32.2. The molecule has 1 saturated heterocycles. The molecule has 1 aliphatic heterocycles. The van der Waals surface area contributed by atoms with Gasteiger partial charge >= 0.3 is 5.97 Å². The molecule has 0 spiro atoms. The van der Waals surface area contributed by atoms with Crippen LogP contribution in [0.15, 0.2) is 17.0 Å². The lowest BCUT2D eigenvalue weighted by molar-refractivity contribution is -0.145. The van der Waals surface area contributed by atoms with E-state index in [4.69, 9.17) is 21.7 Å². The third-order valence-corrected chi connectivity index (χ3v) is 5.38. The molecule has 2 rings (SSSR count). The summed E-state index contributed by atoms with van der Waals surface area (Å²) in [5.74, 6) is -1.27. The summed E-state index contributed by atoms with van der Waals surface area (Å²) in [5.41, 5.74) is 0.558. The van der Waals surface area contributed by atoms with Gasteiger partial charge in [0, 0.05) is 0 Å². The number of unbranched alkanes of at least 4 members (excludes halogenated alkanes) is 1. The second-order valence-electron chi connectivity index (χ2n) is 5.82. The van der Waals surface area contributed by atoms with E-state index in [1.807, 2.05) is 6.92 Å². The molecule has 1 amide bonds. The number of methoxy groups -OCH3 is 2. The number of phenols is 1. The van der Waals surface area contributed by atoms with Gasteiger partial charge in [-0.1, -0.05) is 43.7 Å². The quantitative estimate of drug-likeness (QED) is 0.497. The number of amides is 1. The molecule has 0 saturated carbocycles. The molecule has 1 aromatic rings. The van der Waals surface area contributed by atoms with Crippen LogP contribution in [0.4, 0.5) is 0 Å². The van der Waals surface area contributed by atoms with E-state index in [0.717, 1.165) is 18.2 Å². The molecule has 0 bridgehead atoms. The number of thioether (sulfide) groups is 1. The molecule has 0 radical (unpaired) electrons. The molecule has 146 valence electrons. The fourth-order valence-electron chi connectivity index (χ4n) is 2.66. The van der Waals surface area contributed by atoms with Crippen LogP contribution in [0, 0.1) is 0 Å². The number of benzene rings is 1. The molecule has 2 N–H and O–H groups in total. The molecule has 7 nitrogen and oxygen atoms in total. The number of hydrogen-bond acceptors (Lipinski definition) is 7. The zero-order valence-electron chi connectivity index (χ0n) is 15.2. The van der Waals surface area contributed by atoms with Gasteiger partial charge in [0.25, 0.3) is 5.91 Å². The summed E-state index contributed by atoms with van der Waals surface area (Å²) >= 11 is 6.30. The van der Waals surface area contributed by atoms with E-state index in [9.17, 15) is 19.8 Å². The van der Waals surface area contributed by atoms with Crippen molar-refractivity contribution < 1.29 is 29.3 Å². The number of rotatable bonds is 8. The van der Waals surface area contributed by atoms with Gasteiger partial charge in [-0.15, -0.1) is 0 Å². The molecule has 27 heavy (non-hydrogen) atoms. The van der Waals surface area contributed by atoms with Crippen LogP contribution in [0.1, 0.15) is 31.7 Å². The van der Waals surface area contributed by atoms with E-state index in [2.05, 4.69) is 0 Å². The van der Waals surface area contributed by atoms with Crippen molar-refractivity contribution in [1.29, 1.82) is 0 Å². The minimum atomic E-state index is -1.08. The Bertz CT molecular complexity index is 767. The first kappa shape index (κ1) is 21.0. The summed E-state index contributed by atoms with van der Waals surface area (Å²) < 4.78 is 10.4. The van der Waals surface area contributed by atoms with Crippen LogP contribution < -0.4 is 9.47 Å². The third kappa shape index (κ3) is 4.54. The minimum Gasteiger partial charge on any atom is -0.502 e. The molecule has 1 aromatic carbocycles. The van der Waals surface area contributed by atoms with Crippen molar-refractivity contribution in [3.05, 3.63) is 22.6 Å². The number of carbonyl (C=O) groups is 2. The van der Waals surface area contributed by atoms with Crippen molar-refractivity contribution in [2.75, 3.05) is 14.2 Å². The highest BCUT2D eigenvalue weighted by molar-refractivity contribution is 8.26. The predicted octanol–water partition coefficient (Wildman–Crippen LogP) is 3.25. The molecular weight excluding hydrogens is 390 g/mol. The van der Waals surface area contributed by atoms with Crippen LogP contribution in [-0.4, -0.2) is 51.6 Å². The fourth-order valence-corrected chi connectivity index (χ4v) is 4.01. The van der Waals surface area contributed by atoms with E-state index < -0.39 is 17.9 Å². The number of aromatic hydroxyl groups is 1. The molecular formula is C18H21NO6S2. The SMILES string of the molecule is CCCC[C@@H](C(=O)O)N1C(=O)/C(=C/c2cc(OC)c(O)c(OC)c2)SC1=S. The Kier molecular flexibility index (Phi) is 7.09. The Morgan fingerprint density at radius 1 is 1.33 bits per heavy atom. The molecule has 0 unspecified atom stereocenters. The van der Waals surface area contributed by atoms with Crippen molar-refractivity contribution in [3.63, 3.8) is 0 Å². The maximum absolute atomic E-state index is 12.8. The normalized spacial score (nSPS) is 16.7. The van der Waals surface area contributed by atoms with Crippen molar-refractivity contribution >= 4 is 46.3 Å². The third-order valence-electron chi connectivity index (χ3n) is 4.05. The molecule has 9 heteroatoms. The van der Waals surface area contributed by atoms with E-state index in [-0.39, 0.29) is 21.6 Å². The second-order valence-corrected chi connectivity index (χ2v) is 7.50. The van der Waals surface area contributed by atoms with Crippen LogP contribution in [0.2, 0.25) is 0 Å². The number of carbonyl (C=O) groups excluding carboxylic acids is 1. The standard InChI is InChI=1S/C18H21NO6S2/c1-4-5-6-11(17(22)23)19-16(21)14(27-18(19)26)9-10-7-12(24-2)15(20)13(8-10)25-3/h7-9,11,20H,4-6H2,1-3H3,(H,22,23)/b14-9-/t11-/m0/s1. The van der Waals surface area contributed by atoms with Gasteiger partial charge in [-0.2, -0.15) is 0 Å². The summed E-state index contributed by atoms with van der Waals surface area (Å²) in [4.78, 5) is 25.9. The summed E-state index contributed by atoms with van der Waals surface area (Å²) in [6, 6.07) is 2.12. The first-order valence-corrected chi connectivity index (χ1v) is 9.51. The molecule has 1 atom stereocenters. The highest BCUT2D eigenvalue weighted by Crippen LogP contribution is 2.40. The summed E-state index contributed by atoms with van der Waals surface area (Å²) in [7, 11) is 2.81. The Hall–Kier alpha value is -2.26. The molecule has 1 aliphatic rings. The van der Waals surface area contributed by atoms with Gasteiger partial charge in [-0.3, -0.25) is 9.69 Å². The number of ether oxygens (including phenoxy) is 2. The van der Waals surface area contributed by atoms with Crippen LogP contribution in [0.25, 0.3) is 6.08 Å². The van der Waals surface area contributed by atoms with Crippen molar-refractivity contribution in [3.8, 4) is 17.2 Å². The number of carboxylic acid groups (broad SMARTS) is 1. The molecule has 1 heterocycles. The van der Waals surface area contributed by atoms with E-state index >= 15 is 0 Å². The molecule has 0 aliphatic carbocycles. The van der Waals surface area contributed by atoms with Crippen LogP contribution >= 0.6 is 24.0 Å². The molecule has 0 aromatic heterocycles. The number of aliphatic carboxylic acids is 1. The smallest absolute Gasteiger partial charge is 0.326 e. The van der Waals surface area contributed by atoms with Gasteiger partial charge in [0.05, 0.1) is 19.1 Å². The lowest BCUT2D eigenvalue weighted by atomic mass is 10.1. The lowest BCUT2D eigenvalue weighted by Gasteiger charge is -2.22. The summed E-state index contributed by atoms with van der Waals surface area (Å²) in [6.45, 7) is 1.95. The number of nitrogens with zero attached hydrogens (tertiary/aromatic N) is 1. The maximum Gasteiger partial charge on any atom is 0.326 e. The van der Waals surface area contributed by atoms with Gasteiger partial charge in [-0.05, 0) is 30.2 Å². The predicted molar refractivity (Wildman–Crippen MR) is 107 cm³/mol. The van der Waals surface area contributed by atoms with Crippen LogP contribution in [-0.2, 0) is 9.59 Å². The Balaban J connectivity index is 2.37. The second kappa shape index (κ2) is 9.09. The zero-order chi connectivity index (χ0) is 20.1. The Morgan fingerprint density at radius 2 is 1.93 bits per heavy atom. The van der Waals surface area contributed by atoms with Crippen molar-refractivity contribution in [2.45, 2.75) is 32.2 Å². The summed E-state index contributed by atoms with van der Waals surface area (Å²) in [5, 5.41) is 19.5. The van der Waals surface area contributed by atoms with Gasteiger partial charge in [0.1, 0.15) is 10.4 Å². The van der Waals surface area contributed by atoms with Crippen molar-refractivity contribution in [1.82, 2.24) is 4.90 Å². The number of hydrogen-bond donors (Lipinski definition) is 2. The van der Waals surface area contributed by atoms with Crippen molar-refractivity contribution in [2.24, 2.45) is 0 Å². The van der Waals surface area contributed by atoms with Gasteiger partial charge in [-0.25, -0.2) is 4.79 Å². The molecule has 1 fully saturated rings. The Morgan fingerprint density at radius 3 is 2.41 bits per heavy atom. The average molecular weight is 412 g/mol. The average Bonchev–Trinajstić information content (AvgIpc) is 2.90. The first-order chi connectivity index (χ1) is 12.8. The monoisotopic (exact) mass is 411 g/mol. The summed E-state index contributed by atoms with van der Waals surface area (Å²) in [6.07, 6.45) is 3.41. The van der Waals surface area contributed by atoms with Gasteiger partial charge in [0.2, 0.25) is 5.75 Å². The first-order valence-electron chi connectivity index (χ1n) is 8.28. The zero-order valence-corrected chi connectivity index (χ0v) is 16.9. The minimum absolute atomic E-state index is 0.143. The van der Waals surface area contributed by atoms with Gasteiger partial charge in [0.15, 0.2) is 11.5 Å². The number of thiocarbonyl (C=S) groups is 1. The largest absolute Gasteiger partial charge is 0.502 e. The van der Waals surface area contributed by atoms with Gasteiger partial charge < -0.3 is 19.7 Å². The van der Waals surface area contributed by atoms with E-state index in [0.29, 0.717) is 23.3 Å². The number of phenolic OH excluding ortho intramolecular Hbond substituents is 1. The lowest BCUT2D eigenvalue weighted by Crippen LogP contribution is -2.43. The van der Waals surface area contributed by atoms with E-state index in [1.165, 1.54) is 19.1 Å². The highest BCUT2D eigenvalue weighted by Gasteiger charge is 2.40. The fraction of sp³-hybridized carbons (Fsp3) is 0.389. The number of carboxylic acids is 1.